The van der Waals surface area contributed by atoms with Crippen molar-refractivity contribution in [3.05, 3.63) is 5.82 Å². The van der Waals surface area contributed by atoms with Crippen LogP contribution in [0.15, 0.2) is 4.34 Å². The maximum Gasteiger partial charge on any atom is 0.170 e. The van der Waals surface area contributed by atoms with Gasteiger partial charge in [0.15, 0.2) is 4.34 Å². The molecule has 1 heterocycles. The molecule has 0 spiro atoms. The summed E-state index contributed by atoms with van der Waals surface area (Å²) in [5.41, 5.74) is 0.248. The highest BCUT2D eigenvalue weighted by molar-refractivity contribution is 8.00. The van der Waals surface area contributed by atoms with E-state index in [1.165, 1.54) is 11.5 Å². The van der Waals surface area contributed by atoms with Crippen molar-refractivity contribution in [1.82, 2.24) is 14.7 Å². The van der Waals surface area contributed by atoms with Crippen molar-refractivity contribution >= 4 is 23.3 Å². The van der Waals surface area contributed by atoms with Gasteiger partial charge in [-0.25, -0.2) is 4.98 Å². The highest BCUT2D eigenvalue weighted by Gasteiger charge is 2.12. The van der Waals surface area contributed by atoms with Crippen molar-refractivity contribution in [2.45, 2.75) is 44.0 Å². The van der Waals surface area contributed by atoms with E-state index in [0.29, 0.717) is 0 Å². The topological polar surface area (TPSA) is 37.8 Å². The zero-order valence-electron chi connectivity index (χ0n) is 9.83. The zero-order valence-corrected chi connectivity index (χ0v) is 11.5. The summed E-state index contributed by atoms with van der Waals surface area (Å²) in [7, 11) is 0. The van der Waals surface area contributed by atoms with Gasteiger partial charge in [0.1, 0.15) is 5.82 Å². The predicted molar refractivity (Wildman–Crippen MR) is 67.7 cm³/mol. The SMILES string of the molecule is CCC(C)(C)NCCSc1nc(C)ns1. The highest BCUT2D eigenvalue weighted by atomic mass is 32.2. The van der Waals surface area contributed by atoms with E-state index < -0.39 is 0 Å². The quantitative estimate of drug-likeness (QED) is 0.618. The number of hydrogen-bond donors (Lipinski definition) is 1. The summed E-state index contributed by atoms with van der Waals surface area (Å²) in [5.74, 6) is 1.93. The fourth-order valence-electron chi connectivity index (χ4n) is 0.989. The van der Waals surface area contributed by atoms with Crippen LogP contribution in [0.5, 0.6) is 0 Å². The fraction of sp³-hybridized carbons (Fsp3) is 0.800. The number of hydrogen-bond acceptors (Lipinski definition) is 5. The van der Waals surface area contributed by atoms with E-state index in [0.717, 1.165) is 28.9 Å². The Morgan fingerprint density at radius 2 is 2.20 bits per heavy atom. The summed E-state index contributed by atoms with van der Waals surface area (Å²) >= 11 is 3.26. The largest absolute Gasteiger partial charge is 0.311 e. The van der Waals surface area contributed by atoms with Gasteiger partial charge in [-0.05, 0) is 38.7 Å². The number of nitrogens with one attached hydrogen (secondary N) is 1. The maximum atomic E-state index is 4.31. The second-order valence-corrected chi connectivity index (χ2v) is 6.21. The Bertz CT molecular complexity index is 297. The third kappa shape index (κ3) is 4.95. The lowest BCUT2D eigenvalue weighted by Gasteiger charge is -2.24. The molecule has 15 heavy (non-hydrogen) atoms. The molecule has 5 heteroatoms. The minimum Gasteiger partial charge on any atom is -0.311 e. The molecule has 0 radical (unpaired) electrons. The first-order valence-corrected chi connectivity index (χ1v) is 6.97. The lowest BCUT2D eigenvalue weighted by Crippen LogP contribution is -2.39. The van der Waals surface area contributed by atoms with Gasteiger partial charge in [0.05, 0.1) is 0 Å². The van der Waals surface area contributed by atoms with E-state index in [9.17, 15) is 0 Å². The molecule has 0 atom stereocenters. The second kappa shape index (κ2) is 5.82. The first-order valence-electron chi connectivity index (χ1n) is 5.21. The van der Waals surface area contributed by atoms with Crippen molar-refractivity contribution in [3.63, 3.8) is 0 Å². The third-order valence-electron chi connectivity index (χ3n) is 2.32. The van der Waals surface area contributed by atoms with Crippen molar-refractivity contribution < 1.29 is 0 Å². The van der Waals surface area contributed by atoms with Crippen molar-refractivity contribution in [2.24, 2.45) is 0 Å². The van der Waals surface area contributed by atoms with E-state index in [1.54, 1.807) is 11.8 Å². The molecule has 0 bridgehead atoms. The van der Waals surface area contributed by atoms with Gasteiger partial charge in [0.25, 0.3) is 0 Å². The zero-order chi connectivity index (χ0) is 11.3. The van der Waals surface area contributed by atoms with E-state index in [1.807, 2.05) is 6.92 Å². The summed E-state index contributed by atoms with van der Waals surface area (Å²) in [6.07, 6.45) is 1.15. The molecule has 0 fully saturated rings. The molecule has 0 aromatic carbocycles. The monoisotopic (exact) mass is 245 g/mol. The molecule has 1 aromatic rings. The van der Waals surface area contributed by atoms with Crippen LogP contribution in [0.4, 0.5) is 0 Å². The number of rotatable bonds is 6. The summed E-state index contributed by atoms with van der Waals surface area (Å²) in [6.45, 7) is 9.61. The van der Waals surface area contributed by atoms with Crippen LogP contribution < -0.4 is 5.32 Å². The van der Waals surface area contributed by atoms with Crippen molar-refractivity contribution in [1.29, 1.82) is 0 Å². The van der Waals surface area contributed by atoms with Crippen molar-refractivity contribution in [3.8, 4) is 0 Å². The maximum absolute atomic E-state index is 4.31. The molecule has 0 aliphatic carbocycles. The number of aryl methyl sites for hydroxylation is 1. The summed E-state index contributed by atoms with van der Waals surface area (Å²) < 4.78 is 5.22. The highest BCUT2D eigenvalue weighted by Crippen LogP contribution is 2.19. The summed E-state index contributed by atoms with van der Waals surface area (Å²) in [4.78, 5) is 4.31. The van der Waals surface area contributed by atoms with Gasteiger partial charge in [-0.3, -0.25) is 0 Å². The van der Waals surface area contributed by atoms with Crippen LogP contribution in [-0.2, 0) is 0 Å². The average molecular weight is 245 g/mol. The number of aromatic nitrogens is 2. The minimum atomic E-state index is 0.248. The molecule has 3 nitrogen and oxygen atoms in total. The molecule has 0 unspecified atom stereocenters. The molecule has 1 aromatic heterocycles. The van der Waals surface area contributed by atoms with E-state index >= 15 is 0 Å². The van der Waals surface area contributed by atoms with Gasteiger partial charge in [-0.1, -0.05) is 18.7 Å². The van der Waals surface area contributed by atoms with Crippen LogP contribution in [0.2, 0.25) is 0 Å². The molecular formula is C10H19N3S2. The van der Waals surface area contributed by atoms with Gasteiger partial charge < -0.3 is 5.32 Å². The van der Waals surface area contributed by atoms with Crippen LogP contribution in [0.25, 0.3) is 0 Å². The van der Waals surface area contributed by atoms with Gasteiger partial charge in [-0.15, -0.1) is 0 Å². The first-order chi connectivity index (χ1) is 7.03. The number of nitrogens with zero attached hydrogens (tertiary/aromatic N) is 2. The predicted octanol–water partition coefficient (Wildman–Crippen LogP) is 2.72. The average Bonchev–Trinajstić information content (AvgIpc) is 2.59. The van der Waals surface area contributed by atoms with E-state index in [2.05, 4.69) is 35.4 Å². The lowest BCUT2D eigenvalue weighted by molar-refractivity contribution is 0.388. The molecule has 1 rings (SSSR count). The fourth-order valence-corrected chi connectivity index (χ4v) is 2.56. The Morgan fingerprint density at radius 1 is 1.47 bits per heavy atom. The minimum absolute atomic E-state index is 0.248. The number of thioether (sulfide) groups is 1. The second-order valence-electron chi connectivity index (χ2n) is 4.12. The molecular weight excluding hydrogens is 226 g/mol. The van der Waals surface area contributed by atoms with E-state index in [4.69, 9.17) is 0 Å². The Kier molecular flexibility index (Phi) is 5.02. The van der Waals surface area contributed by atoms with Crippen LogP contribution in [-0.4, -0.2) is 27.2 Å². The van der Waals surface area contributed by atoms with Crippen molar-refractivity contribution in [2.75, 3.05) is 12.3 Å². The normalized spacial score (nSPS) is 12.0. The van der Waals surface area contributed by atoms with Crippen LogP contribution in [0.1, 0.15) is 33.0 Å². The standard InChI is InChI=1S/C10H19N3S2/c1-5-10(3,4)11-6-7-14-9-12-8(2)13-15-9/h11H,5-7H2,1-4H3. The third-order valence-corrected chi connectivity index (χ3v) is 4.25. The Labute approximate surface area is 100 Å². The van der Waals surface area contributed by atoms with Gasteiger partial charge in [0.2, 0.25) is 0 Å². The molecule has 86 valence electrons. The van der Waals surface area contributed by atoms with Gasteiger partial charge >= 0.3 is 0 Å². The van der Waals surface area contributed by atoms with Gasteiger partial charge in [0, 0.05) is 17.8 Å². The molecule has 0 amide bonds. The van der Waals surface area contributed by atoms with Crippen LogP contribution in [0, 0.1) is 6.92 Å². The molecule has 1 N–H and O–H groups in total. The molecule has 0 aliphatic heterocycles. The van der Waals surface area contributed by atoms with Crippen LogP contribution >= 0.6 is 23.3 Å². The van der Waals surface area contributed by atoms with Gasteiger partial charge in [-0.2, -0.15) is 4.37 Å². The summed E-state index contributed by atoms with van der Waals surface area (Å²) in [6, 6.07) is 0. The molecule has 0 aliphatic rings. The Morgan fingerprint density at radius 3 is 2.73 bits per heavy atom. The smallest absolute Gasteiger partial charge is 0.170 e. The molecule has 0 saturated carbocycles. The Hall–Kier alpha value is -0.130. The Balaban J connectivity index is 2.17. The van der Waals surface area contributed by atoms with Crippen LogP contribution in [0.3, 0.4) is 0 Å². The van der Waals surface area contributed by atoms with E-state index in [-0.39, 0.29) is 5.54 Å². The lowest BCUT2D eigenvalue weighted by atomic mass is 10.0. The molecule has 0 saturated heterocycles. The first kappa shape index (κ1) is 12.9. The summed E-state index contributed by atoms with van der Waals surface area (Å²) in [5, 5.41) is 3.52.